The molecule has 11 heteroatoms. The molecule has 2 heterocycles. The maximum Gasteiger partial charge on any atom is 0.408 e. The lowest BCUT2D eigenvalue weighted by Gasteiger charge is -2.31. The molecule has 1 aliphatic heterocycles. The number of likely N-dealkylation sites (tertiary alicyclic amines) is 1. The fraction of sp³-hybridized carbons (Fsp3) is 0.538. The largest absolute Gasteiger partial charge is 0.445 e. The summed E-state index contributed by atoms with van der Waals surface area (Å²) in [6.45, 7) is 9.24. The van der Waals surface area contributed by atoms with E-state index in [2.05, 4.69) is 20.8 Å². The second-order valence-electron chi connectivity index (χ2n) is 9.85. The number of rotatable bonds is 10. The van der Waals surface area contributed by atoms with Crippen LogP contribution >= 0.6 is 0 Å². The fourth-order valence-electron chi connectivity index (χ4n) is 4.21. The number of hydrogen-bond donors (Lipinski definition) is 2. The van der Waals surface area contributed by atoms with Gasteiger partial charge in [0, 0.05) is 13.5 Å². The van der Waals surface area contributed by atoms with Gasteiger partial charge < -0.3 is 24.8 Å². The molecule has 2 aromatic rings. The number of nitrogens with zero attached hydrogens (tertiary/aromatic N) is 3. The van der Waals surface area contributed by atoms with Crippen molar-refractivity contribution in [3.05, 3.63) is 47.6 Å². The van der Waals surface area contributed by atoms with E-state index in [-0.39, 0.29) is 36.1 Å². The zero-order chi connectivity index (χ0) is 27.1. The quantitative estimate of drug-likeness (QED) is 0.462. The molecular weight excluding hydrogens is 478 g/mol. The Kier molecular flexibility index (Phi) is 9.37. The number of aromatic nitrogens is 2. The molecule has 1 aliphatic rings. The van der Waals surface area contributed by atoms with E-state index in [1.807, 2.05) is 44.2 Å². The highest BCUT2D eigenvalue weighted by molar-refractivity contribution is 6.00. The van der Waals surface area contributed by atoms with Crippen LogP contribution in [0.4, 0.5) is 4.79 Å². The molecule has 0 bridgehead atoms. The molecule has 2 N–H and O–H groups in total. The number of benzene rings is 1. The number of aryl methyl sites for hydroxylation is 1. The summed E-state index contributed by atoms with van der Waals surface area (Å²) in [6.07, 6.45) is 0.357. The summed E-state index contributed by atoms with van der Waals surface area (Å²) in [5, 5.41) is 9.11. The summed E-state index contributed by atoms with van der Waals surface area (Å²) in [6, 6.07) is 6.70. The van der Waals surface area contributed by atoms with Crippen molar-refractivity contribution in [3.8, 4) is 0 Å². The summed E-state index contributed by atoms with van der Waals surface area (Å²) >= 11 is 0. The summed E-state index contributed by atoms with van der Waals surface area (Å²) < 4.78 is 10.2. The summed E-state index contributed by atoms with van der Waals surface area (Å²) in [5.74, 6) is -1.61. The third kappa shape index (κ3) is 7.14. The number of nitrogens with one attached hydrogen (secondary N) is 2. The van der Waals surface area contributed by atoms with Gasteiger partial charge in [0.2, 0.25) is 29.3 Å². The van der Waals surface area contributed by atoms with Gasteiger partial charge in [-0.25, -0.2) is 4.79 Å². The first-order chi connectivity index (χ1) is 17.6. The lowest BCUT2D eigenvalue weighted by Crippen LogP contribution is -2.57. The summed E-state index contributed by atoms with van der Waals surface area (Å²) in [4.78, 5) is 57.5. The van der Waals surface area contributed by atoms with Crippen LogP contribution in [0.5, 0.6) is 0 Å². The highest BCUT2D eigenvalue weighted by Gasteiger charge is 2.40. The molecule has 0 aliphatic carbocycles. The first-order valence-electron chi connectivity index (χ1n) is 12.5. The number of ketones is 1. The second-order valence-corrected chi connectivity index (χ2v) is 9.85. The van der Waals surface area contributed by atoms with Crippen LogP contribution in [-0.2, 0) is 20.9 Å². The molecular formula is C26H35N5O6. The van der Waals surface area contributed by atoms with Gasteiger partial charge in [-0.3, -0.25) is 14.4 Å². The van der Waals surface area contributed by atoms with Crippen molar-refractivity contribution in [2.24, 2.45) is 11.8 Å². The first-order valence-corrected chi connectivity index (χ1v) is 12.5. The molecule has 11 nitrogen and oxygen atoms in total. The van der Waals surface area contributed by atoms with Crippen molar-refractivity contribution in [1.82, 2.24) is 25.7 Å². The van der Waals surface area contributed by atoms with Gasteiger partial charge in [-0.2, -0.15) is 4.98 Å². The van der Waals surface area contributed by atoms with Gasteiger partial charge in [-0.1, -0.05) is 63.2 Å². The van der Waals surface area contributed by atoms with E-state index >= 15 is 0 Å². The van der Waals surface area contributed by atoms with Crippen molar-refractivity contribution in [3.63, 3.8) is 0 Å². The van der Waals surface area contributed by atoms with Gasteiger partial charge in [0.25, 0.3) is 0 Å². The van der Waals surface area contributed by atoms with E-state index in [0.29, 0.717) is 19.4 Å². The Morgan fingerprint density at radius 3 is 2.32 bits per heavy atom. The van der Waals surface area contributed by atoms with Gasteiger partial charge in [-0.15, -0.1) is 0 Å². The second kappa shape index (κ2) is 12.5. The van der Waals surface area contributed by atoms with Gasteiger partial charge in [0.1, 0.15) is 18.7 Å². The standard InChI is InChI=1S/C26H35N5O6/c1-15(2)20(22(32)23-27-17(5)37-30-23)28-24(33)19-12-9-13-31(19)25(34)21(16(3)4)29-26(35)36-14-18-10-7-6-8-11-18/h6-8,10-11,15-16,19-21H,9,12-14H2,1-5H3,(H,28,33)(H,29,35)/t19?,20-,21+/m1/s1. The SMILES string of the molecule is Cc1nc(C(=O)[C@H](NC(=O)C2CCCN2C(=O)[C@@H](NC(=O)OCc2ccccc2)C(C)C)C(C)C)no1. The number of hydrogen-bond acceptors (Lipinski definition) is 8. The van der Waals surface area contributed by atoms with Crippen molar-refractivity contribution >= 4 is 23.7 Å². The predicted molar refractivity (Wildman–Crippen MR) is 133 cm³/mol. The number of Topliss-reactive ketones (excluding diaryl/α,β-unsaturated/α-hetero) is 1. The monoisotopic (exact) mass is 513 g/mol. The number of ether oxygens (including phenoxy) is 1. The molecule has 37 heavy (non-hydrogen) atoms. The van der Waals surface area contributed by atoms with Gasteiger partial charge in [0.15, 0.2) is 0 Å². The van der Waals surface area contributed by atoms with E-state index in [4.69, 9.17) is 9.26 Å². The van der Waals surface area contributed by atoms with E-state index in [0.717, 1.165) is 5.56 Å². The Morgan fingerprint density at radius 1 is 1.05 bits per heavy atom. The number of carbonyl (C=O) groups excluding carboxylic acids is 4. The fourth-order valence-corrected chi connectivity index (χ4v) is 4.21. The van der Waals surface area contributed by atoms with Gasteiger partial charge >= 0.3 is 6.09 Å². The Balaban J connectivity index is 1.65. The van der Waals surface area contributed by atoms with Crippen LogP contribution in [-0.4, -0.2) is 63.4 Å². The zero-order valence-electron chi connectivity index (χ0n) is 21.9. The molecule has 1 fully saturated rings. The smallest absolute Gasteiger partial charge is 0.408 e. The van der Waals surface area contributed by atoms with Crippen molar-refractivity contribution < 1.29 is 28.4 Å². The Hall–Kier alpha value is -3.76. The van der Waals surface area contributed by atoms with Crippen LogP contribution in [0.25, 0.3) is 0 Å². The average molecular weight is 514 g/mol. The molecule has 1 aromatic carbocycles. The van der Waals surface area contributed by atoms with Gasteiger partial charge in [0.05, 0.1) is 6.04 Å². The molecule has 0 radical (unpaired) electrons. The molecule has 0 spiro atoms. The van der Waals surface area contributed by atoms with Crippen LogP contribution in [0.1, 0.15) is 62.6 Å². The van der Waals surface area contributed by atoms with E-state index in [9.17, 15) is 19.2 Å². The van der Waals surface area contributed by atoms with E-state index < -0.39 is 35.9 Å². The van der Waals surface area contributed by atoms with Crippen LogP contribution < -0.4 is 10.6 Å². The van der Waals surface area contributed by atoms with Crippen molar-refractivity contribution in [1.29, 1.82) is 0 Å². The number of carbonyl (C=O) groups is 4. The van der Waals surface area contributed by atoms with Crippen LogP contribution in [0, 0.1) is 18.8 Å². The minimum Gasteiger partial charge on any atom is -0.445 e. The lowest BCUT2D eigenvalue weighted by atomic mass is 9.98. The minimum absolute atomic E-state index is 0.0744. The van der Waals surface area contributed by atoms with Crippen LogP contribution in [0.2, 0.25) is 0 Å². The molecule has 3 rings (SSSR count). The van der Waals surface area contributed by atoms with Crippen molar-refractivity contribution in [2.45, 2.75) is 72.2 Å². The normalized spacial score (nSPS) is 16.9. The predicted octanol–water partition coefficient (Wildman–Crippen LogP) is 2.64. The summed E-state index contributed by atoms with van der Waals surface area (Å²) in [5.41, 5.74) is 0.826. The van der Waals surface area contributed by atoms with E-state index in [1.165, 1.54) is 4.90 Å². The Morgan fingerprint density at radius 2 is 1.73 bits per heavy atom. The molecule has 3 atom stereocenters. The highest BCUT2D eigenvalue weighted by atomic mass is 16.5. The first kappa shape index (κ1) is 27.8. The minimum atomic E-state index is -0.881. The third-order valence-electron chi connectivity index (χ3n) is 6.25. The number of amides is 3. The van der Waals surface area contributed by atoms with Gasteiger partial charge in [-0.05, 0) is 30.2 Å². The topological polar surface area (TPSA) is 144 Å². The molecule has 0 saturated carbocycles. The molecule has 200 valence electrons. The molecule has 1 aromatic heterocycles. The zero-order valence-corrected chi connectivity index (χ0v) is 21.9. The molecule has 3 amide bonds. The lowest BCUT2D eigenvalue weighted by molar-refractivity contribution is -0.141. The Labute approximate surface area is 216 Å². The van der Waals surface area contributed by atoms with E-state index in [1.54, 1.807) is 20.8 Å². The maximum atomic E-state index is 13.5. The highest BCUT2D eigenvalue weighted by Crippen LogP contribution is 2.21. The maximum absolute atomic E-state index is 13.5. The number of alkyl carbamates (subject to hydrolysis) is 1. The summed E-state index contributed by atoms with van der Waals surface area (Å²) in [7, 11) is 0. The van der Waals surface area contributed by atoms with Crippen molar-refractivity contribution in [2.75, 3.05) is 6.54 Å². The molecule has 1 saturated heterocycles. The van der Waals surface area contributed by atoms with Crippen LogP contribution in [0.15, 0.2) is 34.9 Å². The average Bonchev–Trinajstić information content (AvgIpc) is 3.53. The van der Waals surface area contributed by atoms with Crippen LogP contribution in [0.3, 0.4) is 0 Å². The molecule has 1 unspecified atom stereocenters. The Bertz CT molecular complexity index is 1100. The third-order valence-corrected chi connectivity index (χ3v) is 6.25.